The summed E-state index contributed by atoms with van der Waals surface area (Å²) in [5, 5.41) is 13.7. The van der Waals surface area contributed by atoms with Crippen LogP contribution in [0.2, 0.25) is 0 Å². The van der Waals surface area contributed by atoms with E-state index in [9.17, 15) is 0 Å². The molecule has 1 aliphatic heterocycles. The first-order chi connectivity index (χ1) is 27.4. The van der Waals surface area contributed by atoms with Gasteiger partial charge in [0.25, 0.3) is 0 Å². The van der Waals surface area contributed by atoms with Crippen LogP contribution >= 0.6 is 0 Å². The summed E-state index contributed by atoms with van der Waals surface area (Å²) >= 11 is 0. The third-order valence-corrected chi connectivity index (χ3v) is 9.44. The number of aryl methyl sites for hydroxylation is 1. The molecule has 8 rings (SSSR count). The van der Waals surface area contributed by atoms with Crippen molar-refractivity contribution < 1.29 is 4.74 Å². The van der Waals surface area contributed by atoms with Crippen molar-refractivity contribution in [3.05, 3.63) is 236 Å². The van der Waals surface area contributed by atoms with Gasteiger partial charge in [-0.2, -0.15) is 0 Å². The molecule has 0 aromatic heterocycles. The predicted octanol–water partition coefficient (Wildman–Crippen LogP) is 14.7. The number of ether oxygens (including phenoxy) is 1. The van der Waals surface area contributed by atoms with Gasteiger partial charge in [0.15, 0.2) is 0 Å². The summed E-state index contributed by atoms with van der Waals surface area (Å²) in [5.41, 5.74) is 10.8. The third kappa shape index (κ3) is 9.01. The molecule has 274 valence electrons. The van der Waals surface area contributed by atoms with Gasteiger partial charge in [0.2, 0.25) is 0 Å². The minimum absolute atomic E-state index is 0.368. The van der Waals surface area contributed by atoms with Crippen molar-refractivity contribution in [3.8, 4) is 28.0 Å². The number of hydrogen-bond acceptors (Lipinski definition) is 2. The summed E-state index contributed by atoms with van der Waals surface area (Å²) in [6, 6.07) is 52.5. The van der Waals surface area contributed by atoms with Crippen LogP contribution in [-0.4, -0.2) is 12.3 Å². The number of allylic oxidation sites excluding steroid dienone is 8. The Hall–Kier alpha value is -7.03. The van der Waals surface area contributed by atoms with Crippen LogP contribution in [0.25, 0.3) is 54.9 Å². The van der Waals surface area contributed by atoms with Crippen LogP contribution in [0.3, 0.4) is 0 Å². The largest absolute Gasteiger partial charge is 0.489 e. The van der Waals surface area contributed by atoms with Crippen LogP contribution in [0.1, 0.15) is 29.2 Å². The van der Waals surface area contributed by atoms with Crippen molar-refractivity contribution in [1.29, 1.82) is 5.41 Å². The Kier molecular flexibility index (Phi) is 13.0. The Morgan fingerprint density at radius 2 is 1.14 bits per heavy atom. The van der Waals surface area contributed by atoms with Crippen molar-refractivity contribution >= 4 is 38.4 Å². The lowest BCUT2D eigenvalue weighted by Crippen LogP contribution is -2.04. The molecule has 56 heavy (non-hydrogen) atoms. The van der Waals surface area contributed by atoms with E-state index in [1.54, 1.807) is 6.08 Å². The highest BCUT2D eigenvalue weighted by atomic mass is 16.5. The molecule has 0 unspecified atom stereocenters. The summed E-state index contributed by atoms with van der Waals surface area (Å²) in [6.07, 6.45) is 13.4. The first-order valence-electron chi connectivity index (χ1n) is 18.8. The van der Waals surface area contributed by atoms with Gasteiger partial charge in [0.1, 0.15) is 12.4 Å². The van der Waals surface area contributed by atoms with Crippen LogP contribution in [-0.2, 0) is 0 Å². The maximum atomic E-state index is 9.08. The van der Waals surface area contributed by atoms with Gasteiger partial charge in [-0.25, -0.2) is 0 Å². The molecule has 1 aliphatic rings. The summed E-state index contributed by atoms with van der Waals surface area (Å²) in [7, 11) is 0. The van der Waals surface area contributed by atoms with Crippen LogP contribution in [0, 0.1) is 12.3 Å². The zero-order chi connectivity index (χ0) is 39.3. The van der Waals surface area contributed by atoms with E-state index in [1.165, 1.54) is 38.6 Å². The second-order valence-corrected chi connectivity index (χ2v) is 13.4. The topological polar surface area (TPSA) is 33.1 Å². The maximum Gasteiger partial charge on any atom is 0.128 e. The number of nitrogens with one attached hydrogen (secondary N) is 1. The lowest BCUT2D eigenvalue weighted by atomic mass is 9.85. The summed E-state index contributed by atoms with van der Waals surface area (Å²) < 4.78 is 6.01. The first-order valence-corrected chi connectivity index (χ1v) is 18.8. The minimum atomic E-state index is 0.368. The number of rotatable bonds is 6. The Balaban J connectivity index is 0.000000469. The number of benzene rings is 7. The fraction of sp³-hybridized carbons (Fsp3) is 0.0556. The highest BCUT2D eigenvalue weighted by molar-refractivity contribution is 6.20. The molecular formula is C54H47NO. The number of fused-ring (bicyclic) bond motifs is 3. The van der Waals surface area contributed by atoms with E-state index in [2.05, 4.69) is 136 Å². The average molecular weight is 726 g/mol. The predicted molar refractivity (Wildman–Crippen MR) is 244 cm³/mol. The molecule has 2 nitrogen and oxygen atoms in total. The van der Waals surface area contributed by atoms with E-state index in [-0.39, 0.29) is 0 Å². The van der Waals surface area contributed by atoms with Crippen LogP contribution in [0.5, 0.6) is 5.75 Å². The molecule has 7 aromatic rings. The molecule has 0 fully saturated rings. The Morgan fingerprint density at radius 3 is 1.73 bits per heavy atom. The highest BCUT2D eigenvalue weighted by Gasteiger charge is 2.18. The molecule has 0 bridgehead atoms. The van der Waals surface area contributed by atoms with Gasteiger partial charge in [-0.3, -0.25) is 0 Å². The maximum absolute atomic E-state index is 9.08. The van der Waals surface area contributed by atoms with Crippen LogP contribution in [0.4, 0.5) is 0 Å². The molecule has 0 saturated heterocycles. The van der Waals surface area contributed by atoms with Crippen LogP contribution < -0.4 is 4.74 Å². The molecule has 1 heterocycles. The summed E-state index contributed by atoms with van der Waals surface area (Å²) in [5.74, 6) is 0.722. The monoisotopic (exact) mass is 725 g/mol. The van der Waals surface area contributed by atoms with E-state index in [0.29, 0.717) is 12.3 Å². The smallest absolute Gasteiger partial charge is 0.128 e. The molecule has 2 heteroatoms. The lowest BCUT2D eigenvalue weighted by Gasteiger charge is -2.18. The zero-order valence-corrected chi connectivity index (χ0v) is 32.2. The van der Waals surface area contributed by atoms with Gasteiger partial charge >= 0.3 is 0 Å². The van der Waals surface area contributed by atoms with Crippen molar-refractivity contribution in [2.45, 2.75) is 13.8 Å². The molecule has 0 saturated carbocycles. The Morgan fingerprint density at radius 1 is 0.607 bits per heavy atom. The second kappa shape index (κ2) is 18.8. The normalized spacial score (nSPS) is 13.0. The zero-order valence-electron chi connectivity index (χ0n) is 32.2. The Bertz CT molecular complexity index is 2530. The quantitative estimate of drug-likeness (QED) is 0.0787. The van der Waals surface area contributed by atoms with Gasteiger partial charge in [-0.15, -0.1) is 6.58 Å². The molecule has 1 N–H and O–H groups in total. The van der Waals surface area contributed by atoms with E-state index < -0.39 is 0 Å². The van der Waals surface area contributed by atoms with Gasteiger partial charge in [-0.05, 0) is 92.6 Å². The first kappa shape index (κ1) is 38.7. The molecule has 0 amide bonds. The molecular weight excluding hydrogens is 679 g/mol. The van der Waals surface area contributed by atoms with E-state index >= 15 is 0 Å². The molecule has 0 aliphatic carbocycles. The van der Waals surface area contributed by atoms with Gasteiger partial charge < -0.3 is 10.1 Å². The molecule has 0 atom stereocenters. The van der Waals surface area contributed by atoms with E-state index in [4.69, 9.17) is 10.1 Å². The van der Waals surface area contributed by atoms with Gasteiger partial charge in [-0.1, -0.05) is 195 Å². The van der Waals surface area contributed by atoms with Crippen LogP contribution in [0.15, 0.2) is 214 Å². The van der Waals surface area contributed by atoms with Crippen molar-refractivity contribution in [1.82, 2.24) is 0 Å². The fourth-order valence-electron chi connectivity index (χ4n) is 6.87. The third-order valence-electron chi connectivity index (χ3n) is 9.44. The van der Waals surface area contributed by atoms with E-state index in [0.717, 1.165) is 44.4 Å². The second-order valence-electron chi connectivity index (χ2n) is 13.4. The molecule has 0 radical (unpaired) electrons. The van der Waals surface area contributed by atoms with Crippen molar-refractivity contribution in [2.75, 3.05) is 6.61 Å². The Labute approximate surface area is 332 Å². The van der Waals surface area contributed by atoms with E-state index in [1.807, 2.05) is 85.8 Å². The van der Waals surface area contributed by atoms with Crippen molar-refractivity contribution in [2.24, 2.45) is 0 Å². The summed E-state index contributed by atoms with van der Waals surface area (Å²) in [6.45, 7) is 16.6. The van der Waals surface area contributed by atoms with Gasteiger partial charge in [0.05, 0.1) is 5.71 Å². The fourth-order valence-corrected chi connectivity index (χ4v) is 6.87. The SMILES string of the molecule is C=C1/C=C\C=C/COc2cccc(C(=N)/C=C\C(=C)c3c4ccccc4c(-c4ccc(-c5ccccc5)cc4)c4ccccc34)c21.C=CC.Cc1ccccc1. The van der Waals surface area contributed by atoms with Crippen molar-refractivity contribution in [3.63, 3.8) is 0 Å². The highest BCUT2D eigenvalue weighted by Crippen LogP contribution is 2.42. The average Bonchev–Trinajstić information content (AvgIpc) is 3.33. The molecule has 0 spiro atoms. The molecule has 7 aromatic carbocycles. The summed E-state index contributed by atoms with van der Waals surface area (Å²) in [4.78, 5) is 0. The number of hydrogen-bond donors (Lipinski definition) is 1. The minimum Gasteiger partial charge on any atom is -0.489 e. The van der Waals surface area contributed by atoms with Gasteiger partial charge in [0, 0.05) is 11.1 Å². The standard InChI is InChI=1S/C44H33NO.C7H8.C3H6/c1-30-14-5-4-12-29-46-41-22-13-21-39(43(30)41)40(45)28-23-31(2)42-35-17-8-10-19-37(35)44(38-20-11-9-18-36(38)42)34-26-24-33(25-27-34)32-15-6-3-7-16-32;1-7-5-3-2-4-6-7;1-3-2/h3-28,45H,1-2,29H2;2-6H,1H3;3H,1H2,2H3/b12-4-,14-5-,28-23-,45-40?;;. The lowest BCUT2D eigenvalue weighted by molar-refractivity contribution is 0.362.